The van der Waals surface area contributed by atoms with E-state index in [1.165, 1.54) is 44.1 Å². The summed E-state index contributed by atoms with van der Waals surface area (Å²) in [6.45, 7) is 3.12. The molecule has 0 saturated carbocycles. The Balaban J connectivity index is 1.40. The number of aliphatic carboxylic acids is 1. The van der Waals surface area contributed by atoms with Crippen LogP contribution in [-0.4, -0.2) is 23.7 Å². The molecule has 0 radical (unpaired) electrons. The van der Waals surface area contributed by atoms with Gasteiger partial charge in [0.05, 0.1) is 0 Å². The molecule has 2 unspecified atom stereocenters. The van der Waals surface area contributed by atoms with Crippen LogP contribution in [0.4, 0.5) is 5.69 Å². The van der Waals surface area contributed by atoms with E-state index in [1.54, 1.807) is 0 Å². The van der Waals surface area contributed by atoms with Crippen LogP contribution < -0.4 is 4.90 Å². The molecule has 1 saturated heterocycles. The second-order valence-electron chi connectivity index (χ2n) is 8.90. The molecule has 3 heteroatoms. The first kappa shape index (κ1) is 21.4. The third kappa shape index (κ3) is 6.35. The molecule has 0 bridgehead atoms. The summed E-state index contributed by atoms with van der Waals surface area (Å²) in [6, 6.07) is 20.3. The van der Waals surface area contributed by atoms with Crippen molar-refractivity contribution >= 4 is 11.7 Å². The van der Waals surface area contributed by atoms with Crippen molar-refractivity contribution in [2.24, 2.45) is 5.41 Å². The lowest BCUT2D eigenvalue weighted by Gasteiger charge is -2.44. The number of unbranched alkanes of at least 4 members (excludes halogenated alkanes) is 4. The van der Waals surface area contributed by atoms with Gasteiger partial charge in [-0.3, -0.25) is 0 Å². The van der Waals surface area contributed by atoms with Crippen LogP contribution in [0.15, 0.2) is 60.7 Å². The predicted octanol–water partition coefficient (Wildman–Crippen LogP) is 6.33. The van der Waals surface area contributed by atoms with E-state index >= 15 is 0 Å². The maximum Gasteiger partial charge on any atom is 0.326 e. The highest BCUT2D eigenvalue weighted by atomic mass is 16.4. The lowest BCUT2D eigenvalue weighted by atomic mass is 9.73. The molecule has 156 valence electrons. The first-order valence-electron chi connectivity index (χ1n) is 11.2. The Morgan fingerprint density at radius 3 is 2.28 bits per heavy atom. The Labute approximate surface area is 175 Å². The molecule has 3 rings (SSSR count). The second kappa shape index (κ2) is 10.5. The van der Waals surface area contributed by atoms with Crippen molar-refractivity contribution in [3.05, 3.63) is 66.2 Å². The summed E-state index contributed by atoms with van der Waals surface area (Å²) in [5.41, 5.74) is 2.60. The van der Waals surface area contributed by atoms with Crippen LogP contribution >= 0.6 is 0 Å². The molecule has 0 amide bonds. The van der Waals surface area contributed by atoms with Gasteiger partial charge in [-0.05, 0) is 55.2 Å². The smallest absolute Gasteiger partial charge is 0.326 e. The first-order valence-corrected chi connectivity index (χ1v) is 11.2. The lowest BCUT2D eigenvalue weighted by Crippen LogP contribution is -2.50. The minimum atomic E-state index is -0.694. The topological polar surface area (TPSA) is 40.5 Å². The fourth-order valence-corrected chi connectivity index (χ4v) is 4.66. The van der Waals surface area contributed by atoms with Crippen molar-refractivity contribution in [2.75, 3.05) is 11.4 Å². The molecule has 29 heavy (non-hydrogen) atoms. The summed E-state index contributed by atoms with van der Waals surface area (Å²) in [4.78, 5) is 14.0. The van der Waals surface area contributed by atoms with Crippen molar-refractivity contribution in [3.63, 3.8) is 0 Å². The summed E-state index contributed by atoms with van der Waals surface area (Å²) in [5.74, 6) is -0.694. The average Bonchev–Trinajstić information content (AvgIpc) is 2.74. The third-order valence-electron chi connectivity index (χ3n) is 6.48. The van der Waals surface area contributed by atoms with E-state index < -0.39 is 12.0 Å². The van der Waals surface area contributed by atoms with Crippen LogP contribution in [0.5, 0.6) is 0 Å². The Hall–Kier alpha value is -2.29. The molecular weight excluding hydrogens is 358 g/mol. The van der Waals surface area contributed by atoms with Crippen LogP contribution in [0.1, 0.15) is 63.9 Å². The molecule has 2 aromatic rings. The number of carbonyl (C=O) groups is 1. The SMILES string of the molecule is CC1(CCCCCCCc2ccccc2)CCN(c2ccccc2)C(C(=O)O)C1. The minimum Gasteiger partial charge on any atom is -0.480 e. The molecule has 1 aliphatic rings. The molecule has 1 heterocycles. The summed E-state index contributed by atoms with van der Waals surface area (Å²) < 4.78 is 0. The number of aryl methyl sites for hydroxylation is 1. The Kier molecular flexibility index (Phi) is 7.74. The Morgan fingerprint density at radius 1 is 0.966 bits per heavy atom. The molecule has 1 aliphatic heterocycles. The van der Waals surface area contributed by atoms with Gasteiger partial charge < -0.3 is 10.0 Å². The van der Waals surface area contributed by atoms with E-state index in [0.29, 0.717) is 0 Å². The van der Waals surface area contributed by atoms with Crippen LogP contribution in [-0.2, 0) is 11.2 Å². The van der Waals surface area contributed by atoms with Crippen LogP contribution in [0.2, 0.25) is 0 Å². The summed E-state index contributed by atoms with van der Waals surface area (Å²) in [7, 11) is 0. The number of nitrogens with zero attached hydrogens (tertiary/aromatic N) is 1. The van der Waals surface area contributed by atoms with E-state index in [9.17, 15) is 9.90 Å². The van der Waals surface area contributed by atoms with E-state index in [0.717, 1.165) is 31.5 Å². The number of para-hydroxylation sites is 1. The molecule has 1 fully saturated rings. The highest BCUT2D eigenvalue weighted by Gasteiger charge is 2.39. The highest BCUT2D eigenvalue weighted by molar-refractivity contribution is 5.78. The van der Waals surface area contributed by atoms with Gasteiger partial charge >= 0.3 is 5.97 Å². The number of carboxylic acid groups (broad SMARTS) is 1. The van der Waals surface area contributed by atoms with Gasteiger partial charge in [0, 0.05) is 12.2 Å². The zero-order chi connectivity index (χ0) is 20.5. The number of carboxylic acids is 1. The summed E-state index contributed by atoms with van der Waals surface area (Å²) in [6.07, 6.45) is 10.4. The minimum absolute atomic E-state index is 0.137. The highest BCUT2D eigenvalue weighted by Crippen LogP contribution is 2.40. The van der Waals surface area contributed by atoms with Gasteiger partial charge in [0.25, 0.3) is 0 Å². The first-order chi connectivity index (χ1) is 14.1. The number of hydrogen-bond acceptors (Lipinski definition) is 2. The maximum atomic E-state index is 11.9. The molecule has 0 spiro atoms. The van der Waals surface area contributed by atoms with Gasteiger partial charge in [-0.1, -0.05) is 81.1 Å². The zero-order valence-corrected chi connectivity index (χ0v) is 17.7. The quantitative estimate of drug-likeness (QED) is 0.480. The Bertz CT molecular complexity index is 746. The lowest BCUT2D eigenvalue weighted by molar-refractivity contribution is -0.140. The molecule has 3 nitrogen and oxygen atoms in total. The van der Waals surface area contributed by atoms with E-state index in [2.05, 4.69) is 42.2 Å². The third-order valence-corrected chi connectivity index (χ3v) is 6.48. The van der Waals surface area contributed by atoms with Gasteiger partial charge in [0.2, 0.25) is 0 Å². The van der Waals surface area contributed by atoms with Crippen molar-refractivity contribution in [2.45, 2.75) is 70.8 Å². The zero-order valence-electron chi connectivity index (χ0n) is 17.7. The van der Waals surface area contributed by atoms with Crippen molar-refractivity contribution in [1.82, 2.24) is 0 Å². The van der Waals surface area contributed by atoms with E-state index in [-0.39, 0.29) is 5.41 Å². The molecule has 0 aliphatic carbocycles. The summed E-state index contributed by atoms with van der Waals surface area (Å²) >= 11 is 0. The normalized spacial score (nSPS) is 21.8. The average molecular weight is 394 g/mol. The van der Waals surface area contributed by atoms with Gasteiger partial charge in [0.15, 0.2) is 0 Å². The largest absolute Gasteiger partial charge is 0.480 e. The summed E-state index contributed by atoms with van der Waals surface area (Å²) in [5, 5.41) is 9.82. The second-order valence-corrected chi connectivity index (χ2v) is 8.90. The number of hydrogen-bond donors (Lipinski definition) is 1. The van der Waals surface area contributed by atoms with Gasteiger partial charge in [-0.15, -0.1) is 0 Å². The predicted molar refractivity (Wildman–Crippen MR) is 120 cm³/mol. The standard InChI is InChI=1S/C26H35NO2/c1-26(18-12-4-2-3-7-13-22-14-8-5-9-15-22)19-20-27(24(21-26)25(28)29)23-16-10-6-11-17-23/h5-6,8-11,14-17,24H,2-4,7,12-13,18-21H2,1H3,(H,28,29). The molecular formula is C26H35NO2. The molecule has 1 N–H and O–H groups in total. The van der Waals surface area contributed by atoms with E-state index in [4.69, 9.17) is 0 Å². The number of rotatable bonds is 10. The maximum absolute atomic E-state index is 11.9. The number of benzene rings is 2. The van der Waals surface area contributed by atoms with Crippen LogP contribution in [0.3, 0.4) is 0 Å². The van der Waals surface area contributed by atoms with E-state index in [1.807, 2.05) is 30.3 Å². The fraction of sp³-hybridized carbons (Fsp3) is 0.500. The monoisotopic (exact) mass is 393 g/mol. The molecule has 2 atom stereocenters. The van der Waals surface area contributed by atoms with Gasteiger partial charge in [-0.25, -0.2) is 4.79 Å². The molecule has 2 aromatic carbocycles. The van der Waals surface area contributed by atoms with Crippen LogP contribution in [0, 0.1) is 5.41 Å². The fourth-order valence-electron chi connectivity index (χ4n) is 4.66. The van der Waals surface area contributed by atoms with Crippen LogP contribution in [0.25, 0.3) is 0 Å². The number of piperidine rings is 1. The van der Waals surface area contributed by atoms with Crippen molar-refractivity contribution < 1.29 is 9.90 Å². The van der Waals surface area contributed by atoms with Crippen molar-refractivity contribution in [1.29, 1.82) is 0 Å². The Morgan fingerprint density at radius 2 is 1.59 bits per heavy atom. The molecule has 0 aromatic heterocycles. The van der Waals surface area contributed by atoms with Crippen molar-refractivity contribution in [3.8, 4) is 0 Å². The van der Waals surface area contributed by atoms with Gasteiger partial charge in [-0.2, -0.15) is 0 Å². The van der Waals surface area contributed by atoms with Gasteiger partial charge in [0.1, 0.15) is 6.04 Å². The number of anilines is 1.